The normalized spacial score (nSPS) is 11.7. The Balaban J connectivity index is 2.77. The van der Waals surface area contributed by atoms with Crippen LogP contribution in [0.1, 0.15) is 31.9 Å². The van der Waals surface area contributed by atoms with Crippen molar-refractivity contribution in [1.82, 2.24) is 0 Å². The zero-order valence-corrected chi connectivity index (χ0v) is 16.1. The Bertz CT molecular complexity index is 752. The molecule has 2 rings (SSSR count). The average molecular weight is 399 g/mol. The molecule has 0 saturated carbocycles. The second kappa shape index (κ2) is 7.19. The fourth-order valence-corrected chi connectivity index (χ4v) is 3.06. The van der Waals surface area contributed by atoms with Crippen molar-refractivity contribution in [2.45, 2.75) is 33.1 Å². The molecule has 0 spiro atoms. The maximum Gasteiger partial charge on any atom is 0.188 e. The first-order chi connectivity index (χ1) is 11.1. The van der Waals surface area contributed by atoms with E-state index in [2.05, 4.69) is 36.7 Å². The Hall–Kier alpha value is -1.46. The lowest BCUT2D eigenvalue weighted by Crippen LogP contribution is -2.15. The van der Waals surface area contributed by atoms with Gasteiger partial charge in [-0.1, -0.05) is 42.8 Å². The van der Waals surface area contributed by atoms with E-state index in [-0.39, 0.29) is 12.2 Å². The highest BCUT2D eigenvalue weighted by molar-refractivity contribution is 9.10. The summed E-state index contributed by atoms with van der Waals surface area (Å²) in [5.74, 6) is -1.18. The molecular weight excluding hydrogens is 378 g/mol. The van der Waals surface area contributed by atoms with Crippen LogP contribution in [-0.4, -0.2) is 13.9 Å². The average Bonchev–Trinajstić information content (AvgIpc) is 2.48. The van der Waals surface area contributed by atoms with Gasteiger partial charge in [-0.15, -0.1) is 0 Å². The molecule has 0 amide bonds. The molecule has 0 aromatic heterocycles. The van der Waals surface area contributed by atoms with Crippen molar-refractivity contribution in [3.05, 3.63) is 51.5 Å². The van der Waals surface area contributed by atoms with Gasteiger partial charge in [0.2, 0.25) is 0 Å². The van der Waals surface area contributed by atoms with Crippen LogP contribution in [0.4, 0.5) is 8.78 Å². The predicted octanol–water partition coefficient (Wildman–Crippen LogP) is 5.98. The third-order valence-electron chi connectivity index (χ3n) is 3.66. The smallest absolute Gasteiger partial charge is 0.188 e. The van der Waals surface area contributed by atoms with E-state index >= 15 is 0 Å². The first-order valence-corrected chi connectivity index (χ1v) is 8.36. The fraction of sp³-hybridized carbons (Fsp3) is 0.368. The maximum atomic E-state index is 13.8. The molecular formula is C19H21BrF2O2. The molecule has 0 atom stereocenters. The molecule has 0 N–H and O–H groups in total. The quantitative estimate of drug-likeness (QED) is 0.465. The standard InChI is InChI=1S/C19H21BrF2O2/c1-11-6-13(12-8-16(21)17(22)9-15(12)20)18(24-10-23-5)14(7-11)19(2,3)4/h6-9H,10H2,1-5H3. The number of aryl methyl sites for hydroxylation is 1. The Kier molecular flexibility index (Phi) is 5.66. The number of hydrogen-bond donors (Lipinski definition) is 0. The third kappa shape index (κ3) is 3.95. The van der Waals surface area contributed by atoms with E-state index in [9.17, 15) is 8.78 Å². The van der Waals surface area contributed by atoms with Gasteiger partial charge in [0, 0.05) is 28.3 Å². The summed E-state index contributed by atoms with van der Waals surface area (Å²) < 4.78 is 38.6. The number of methoxy groups -OCH3 is 1. The van der Waals surface area contributed by atoms with Crippen LogP contribution in [0.5, 0.6) is 5.75 Å². The summed E-state index contributed by atoms with van der Waals surface area (Å²) in [5.41, 5.74) is 3.04. The largest absolute Gasteiger partial charge is 0.467 e. The van der Waals surface area contributed by atoms with Gasteiger partial charge >= 0.3 is 0 Å². The van der Waals surface area contributed by atoms with Crippen molar-refractivity contribution in [3.8, 4) is 16.9 Å². The molecule has 0 fully saturated rings. The van der Waals surface area contributed by atoms with E-state index in [1.165, 1.54) is 13.2 Å². The second-order valence-corrected chi connectivity index (χ2v) is 7.59. The number of hydrogen-bond acceptors (Lipinski definition) is 2. The minimum Gasteiger partial charge on any atom is -0.467 e. The summed E-state index contributed by atoms with van der Waals surface area (Å²) in [4.78, 5) is 0. The number of ether oxygens (including phenoxy) is 2. The molecule has 5 heteroatoms. The molecule has 0 unspecified atom stereocenters. The van der Waals surface area contributed by atoms with Crippen LogP contribution in [0.3, 0.4) is 0 Å². The Labute approximate surface area is 149 Å². The molecule has 0 aliphatic rings. The lowest BCUT2D eigenvalue weighted by molar-refractivity contribution is 0.0502. The van der Waals surface area contributed by atoms with Crippen molar-refractivity contribution in [2.24, 2.45) is 0 Å². The summed E-state index contributed by atoms with van der Waals surface area (Å²) in [5, 5.41) is 0. The first-order valence-electron chi connectivity index (χ1n) is 7.57. The minimum absolute atomic E-state index is 0.0699. The first kappa shape index (κ1) is 18.9. The van der Waals surface area contributed by atoms with Crippen LogP contribution in [0.2, 0.25) is 0 Å². The second-order valence-electron chi connectivity index (χ2n) is 6.74. The summed E-state index contributed by atoms with van der Waals surface area (Å²) in [6.07, 6.45) is 0. The van der Waals surface area contributed by atoms with E-state index < -0.39 is 11.6 Å². The monoisotopic (exact) mass is 398 g/mol. The third-order valence-corrected chi connectivity index (χ3v) is 4.32. The van der Waals surface area contributed by atoms with Gasteiger partial charge in [0.25, 0.3) is 0 Å². The van der Waals surface area contributed by atoms with E-state index in [0.717, 1.165) is 17.2 Å². The van der Waals surface area contributed by atoms with Crippen molar-refractivity contribution >= 4 is 15.9 Å². The van der Waals surface area contributed by atoms with Crippen molar-refractivity contribution in [3.63, 3.8) is 0 Å². The molecule has 0 heterocycles. The maximum absolute atomic E-state index is 13.8. The van der Waals surface area contributed by atoms with E-state index in [4.69, 9.17) is 9.47 Å². The molecule has 2 aromatic carbocycles. The SMILES string of the molecule is COCOc1c(-c2cc(F)c(F)cc2Br)cc(C)cc1C(C)(C)C. The molecule has 2 aromatic rings. The van der Waals surface area contributed by atoms with Crippen molar-refractivity contribution < 1.29 is 18.3 Å². The van der Waals surface area contributed by atoms with Crippen LogP contribution in [-0.2, 0) is 10.2 Å². The minimum atomic E-state index is -0.898. The highest BCUT2D eigenvalue weighted by atomic mass is 79.9. The zero-order valence-electron chi connectivity index (χ0n) is 14.5. The molecule has 0 bridgehead atoms. The van der Waals surface area contributed by atoms with Crippen molar-refractivity contribution in [1.29, 1.82) is 0 Å². The molecule has 24 heavy (non-hydrogen) atoms. The number of rotatable bonds is 4. The van der Waals surface area contributed by atoms with Crippen molar-refractivity contribution in [2.75, 3.05) is 13.9 Å². The van der Waals surface area contributed by atoms with Gasteiger partial charge in [0.1, 0.15) is 5.75 Å². The van der Waals surface area contributed by atoms with Crippen LogP contribution in [0.15, 0.2) is 28.7 Å². The lowest BCUT2D eigenvalue weighted by Gasteiger charge is -2.26. The zero-order chi connectivity index (χ0) is 18.1. The molecule has 0 saturated heterocycles. The van der Waals surface area contributed by atoms with Crippen LogP contribution in [0.25, 0.3) is 11.1 Å². The summed E-state index contributed by atoms with van der Waals surface area (Å²) in [7, 11) is 1.54. The lowest BCUT2D eigenvalue weighted by atomic mass is 9.83. The van der Waals surface area contributed by atoms with Gasteiger partial charge in [0.15, 0.2) is 18.4 Å². The van der Waals surface area contributed by atoms with Gasteiger partial charge in [-0.2, -0.15) is 0 Å². The van der Waals surface area contributed by atoms with Gasteiger partial charge in [-0.05, 0) is 36.1 Å². The predicted molar refractivity (Wildman–Crippen MR) is 95.4 cm³/mol. The highest BCUT2D eigenvalue weighted by Gasteiger charge is 2.24. The highest BCUT2D eigenvalue weighted by Crippen LogP contribution is 2.43. The van der Waals surface area contributed by atoms with Gasteiger partial charge in [-0.25, -0.2) is 8.78 Å². The van der Waals surface area contributed by atoms with Crippen LogP contribution < -0.4 is 4.74 Å². The number of halogens is 3. The molecule has 130 valence electrons. The van der Waals surface area contributed by atoms with Gasteiger partial charge in [0.05, 0.1) is 0 Å². The summed E-state index contributed by atoms with van der Waals surface area (Å²) >= 11 is 3.33. The van der Waals surface area contributed by atoms with Gasteiger partial charge in [-0.3, -0.25) is 0 Å². The van der Waals surface area contributed by atoms with Crippen LogP contribution >= 0.6 is 15.9 Å². The molecule has 0 aliphatic heterocycles. The topological polar surface area (TPSA) is 18.5 Å². The Morgan fingerprint density at radius 3 is 2.21 bits per heavy atom. The van der Waals surface area contributed by atoms with E-state index in [0.29, 0.717) is 21.3 Å². The van der Waals surface area contributed by atoms with E-state index in [1.807, 2.05) is 19.1 Å². The van der Waals surface area contributed by atoms with E-state index in [1.54, 1.807) is 0 Å². The number of benzene rings is 2. The Morgan fingerprint density at radius 1 is 1.00 bits per heavy atom. The molecule has 0 aliphatic carbocycles. The van der Waals surface area contributed by atoms with Crippen LogP contribution in [0, 0.1) is 18.6 Å². The molecule has 0 radical (unpaired) electrons. The fourth-order valence-electron chi connectivity index (χ4n) is 2.53. The summed E-state index contributed by atoms with van der Waals surface area (Å²) in [6, 6.07) is 6.25. The Morgan fingerprint density at radius 2 is 1.62 bits per heavy atom. The molecule has 2 nitrogen and oxygen atoms in total. The summed E-state index contributed by atoms with van der Waals surface area (Å²) in [6.45, 7) is 8.26. The van der Waals surface area contributed by atoms with Gasteiger partial charge < -0.3 is 9.47 Å².